The monoisotopic (exact) mass is 343 g/mol. The maximum atomic E-state index is 12.0. The molecule has 3 aromatic rings. The van der Waals surface area contributed by atoms with Gasteiger partial charge in [-0.1, -0.05) is 28.9 Å². The van der Waals surface area contributed by atoms with Gasteiger partial charge in [-0.05, 0) is 37.3 Å². The molecule has 0 atom stereocenters. The van der Waals surface area contributed by atoms with Crippen molar-refractivity contribution in [1.29, 1.82) is 0 Å². The van der Waals surface area contributed by atoms with Crippen LogP contribution in [0.3, 0.4) is 0 Å². The average Bonchev–Trinajstić information content (AvgIpc) is 2.98. The molecule has 122 valence electrons. The molecule has 0 saturated carbocycles. The molecule has 1 heterocycles. The highest BCUT2D eigenvalue weighted by molar-refractivity contribution is 6.31. The summed E-state index contributed by atoms with van der Waals surface area (Å²) in [5, 5.41) is 22.2. The van der Waals surface area contributed by atoms with E-state index in [2.05, 4.69) is 20.8 Å². The topological polar surface area (TPSA) is 92.4 Å². The summed E-state index contributed by atoms with van der Waals surface area (Å²) in [5.41, 5.74) is 4.81. The van der Waals surface area contributed by atoms with Crippen LogP contribution >= 0.6 is 11.6 Å². The van der Waals surface area contributed by atoms with Crippen LogP contribution in [0.4, 0.5) is 0 Å². The second kappa shape index (κ2) is 6.67. The van der Waals surface area contributed by atoms with Crippen molar-refractivity contribution in [3.63, 3.8) is 0 Å². The van der Waals surface area contributed by atoms with Crippen LogP contribution in [-0.4, -0.2) is 31.7 Å². The summed E-state index contributed by atoms with van der Waals surface area (Å²) in [6.07, 6.45) is 0. The number of rotatable bonds is 4. The van der Waals surface area contributed by atoms with E-state index in [1.807, 2.05) is 24.3 Å². The van der Waals surface area contributed by atoms with Crippen molar-refractivity contribution in [1.82, 2.24) is 20.4 Å². The maximum Gasteiger partial charge on any atom is 0.261 e. The Morgan fingerprint density at radius 3 is 2.96 bits per heavy atom. The molecule has 0 spiro atoms. The normalized spacial score (nSPS) is 11.7. The zero-order valence-corrected chi connectivity index (χ0v) is 13.5. The lowest BCUT2D eigenvalue weighted by Gasteiger charge is -2.06. The van der Waals surface area contributed by atoms with Crippen LogP contribution in [0.2, 0.25) is 5.02 Å². The van der Waals surface area contributed by atoms with Gasteiger partial charge in [0.15, 0.2) is 0 Å². The maximum absolute atomic E-state index is 12.0. The van der Waals surface area contributed by atoms with E-state index in [1.165, 1.54) is 10.7 Å². The third-order valence-corrected chi connectivity index (χ3v) is 3.65. The van der Waals surface area contributed by atoms with Crippen molar-refractivity contribution in [2.75, 3.05) is 0 Å². The third kappa shape index (κ3) is 3.36. The van der Waals surface area contributed by atoms with E-state index in [4.69, 9.17) is 11.6 Å². The Morgan fingerprint density at radius 2 is 2.12 bits per heavy atom. The highest BCUT2D eigenvalue weighted by atomic mass is 35.5. The standard InChI is InChI=1S/C16H14ClN5O2/c1-10(12-8-11(17)6-7-15(12)23)18-20-16(24)9-22-14-5-3-2-4-13(14)19-21-22/h2-8,23H,9H2,1H3,(H,20,24)/b18-10+. The fourth-order valence-electron chi connectivity index (χ4n) is 2.21. The minimum absolute atomic E-state index is 0.0151. The summed E-state index contributed by atoms with van der Waals surface area (Å²) in [6.45, 7) is 1.65. The first-order valence-electron chi connectivity index (χ1n) is 7.15. The predicted molar refractivity (Wildman–Crippen MR) is 91.0 cm³/mol. The van der Waals surface area contributed by atoms with Crippen LogP contribution in [-0.2, 0) is 11.3 Å². The Kier molecular flexibility index (Phi) is 4.43. The molecule has 0 radical (unpaired) electrons. The summed E-state index contributed by atoms with van der Waals surface area (Å²) in [7, 11) is 0. The summed E-state index contributed by atoms with van der Waals surface area (Å²) in [6, 6.07) is 12.0. The Bertz CT molecular complexity index is 935. The van der Waals surface area contributed by atoms with Crippen LogP contribution in [0.5, 0.6) is 5.75 Å². The van der Waals surface area contributed by atoms with Gasteiger partial charge in [0.05, 0.1) is 11.2 Å². The number of halogens is 1. The van der Waals surface area contributed by atoms with Crippen molar-refractivity contribution in [2.45, 2.75) is 13.5 Å². The van der Waals surface area contributed by atoms with Gasteiger partial charge in [0.1, 0.15) is 17.8 Å². The van der Waals surface area contributed by atoms with Gasteiger partial charge >= 0.3 is 0 Å². The lowest BCUT2D eigenvalue weighted by atomic mass is 10.1. The zero-order valence-electron chi connectivity index (χ0n) is 12.8. The number of fused-ring (bicyclic) bond motifs is 1. The minimum atomic E-state index is -0.355. The lowest BCUT2D eigenvalue weighted by molar-refractivity contribution is -0.121. The van der Waals surface area contributed by atoms with E-state index in [1.54, 1.807) is 19.1 Å². The van der Waals surface area contributed by atoms with Crippen molar-refractivity contribution in [2.24, 2.45) is 5.10 Å². The fraction of sp³-hybridized carbons (Fsp3) is 0.125. The van der Waals surface area contributed by atoms with E-state index in [0.29, 0.717) is 21.8 Å². The van der Waals surface area contributed by atoms with Gasteiger partial charge in [-0.25, -0.2) is 10.1 Å². The molecule has 3 rings (SSSR count). The first kappa shape index (κ1) is 15.9. The number of benzene rings is 2. The number of nitrogens with zero attached hydrogens (tertiary/aromatic N) is 4. The number of hydrazone groups is 1. The Hall–Kier alpha value is -2.93. The molecule has 1 aromatic heterocycles. The van der Waals surface area contributed by atoms with Gasteiger partial charge in [0, 0.05) is 10.6 Å². The van der Waals surface area contributed by atoms with Gasteiger partial charge in [-0.2, -0.15) is 5.10 Å². The smallest absolute Gasteiger partial charge is 0.261 e. The van der Waals surface area contributed by atoms with Crippen molar-refractivity contribution >= 4 is 34.3 Å². The van der Waals surface area contributed by atoms with Crippen molar-refractivity contribution < 1.29 is 9.90 Å². The Labute approximate surface area is 142 Å². The summed E-state index contributed by atoms with van der Waals surface area (Å²) in [5.74, 6) is -0.316. The molecule has 0 aliphatic heterocycles. The highest BCUT2D eigenvalue weighted by Crippen LogP contribution is 2.22. The molecule has 0 aliphatic carbocycles. The summed E-state index contributed by atoms with van der Waals surface area (Å²) < 4.78 is 1.49. The second-order valence-electron chi connectivity index (χ2n) is 5.13. The lowest BCUT2D eigenvalue weighted by Crippen LogP contribution is -2.24. The van der Waals surface area contributed by atoms with E-state index >= 15 is 0 Å². The molecule has 0 saturated heterocycles. The number of aromatic hydroxyl groups is 1. The average molecular weight is 344 g/mol. The molecule has 2 N–H and O–H groups in total. The van der Waals surface area contributed by atoms with E-state index in [0.717, 1.165) is 5.52 Å². The number of hydrogen-bond donors (Lipinski definition) is 2. The van der Waals surface area contributed by atoms with E-state index < -0.39 is 0 Å². The second-order valence-corrected chi connectivity index (χ2v) is 5.57. The Morgan fingerprint density at radius 1 is 1.33 bits per heavy atom. The fourth-order valence-corrected chi connectivity index (χ4v) is 2.38. The van der Waals surface area contributed by atoms with Gasteiger partial charge in [-0.15, -0.1) is 5.10 Å². The number of nitrogens with one attached hydrogen (secondary N) is 1. The molecule has 1 amide bonds. The minimum Gasteiger partial charge on any atom is -0.507 e. The number of para-hydroxylation sites is 1. The molecule has 7 nitrogen and oxygen atoms in total. The van der Waals surface area contributed by atoms with Crippen LogP contribution in [0.15, 0.2) is 47.6 Å². The molecule has 0 aliphatic rings. The molecule has 24 heavy (non-hydrogen) atoms. The van der Waals surface area contributed by atoms with Gasteiger partial charge in [0.2, 0.25) is 0 Å². The largest absolute Gasteiger partial charge is 0.507 e. The van der Waals surface area contributed by atoms with E-state index in [-0.39, 0.29) is 18.2 Å². The number of carbonyl (C=O) groups excluding carboxylic acids is 1. The first-order valence-corrected chi connectivity index (χ1v) is 7.52. The van der Waals surface area contributed by atoms with Gasteiger partial charge < -0.3 is 5.11 Å². The van der Waals surface area contributed by atoms with E-state index in [9.17, 15) is 9.90 Å². The van der Waals surface area contributed by atoms with Gasteiger partial charge in [0.25, 0.3) is 5.91 Å². The third-order valence-electron chi connectivity index (χ3n) is 3.41. The highest BCUT2D eigenvalue weighted by Gasteiger charge is 2.09. The molecule has 0 unspecified atom stereocenters. The molecule has 2 aromatic carbocycles. The number of phenolic OH excluding ortho intramolecular Hbond substituents is 1. The molecule has 8 heteroatoms. The Balaban J connectivity index is 1.72. The van der Waals surface area contributed by atoms with Crippen molar-refractivity contribution in [3.05, 3.63) is 53.1 Å². The number of hydrogen-bond acceptors (Lipinski definition) is 5. The van der Waals surface area contributed by atoms with Crippen LogP contribution in [0.25, 0.3) is 11.0 Å². The quantitative estimate of drug-likeness (QED) is 0.561. The number of aromatic nitrogens is 3. The number of carbonyl (C=O) groups is 1. The van der Waals surface area contributed by atoms with Crippen molar-refractivity contribution in [3.8, 4) is 5.75 Å². The number of phenols is 1. The van der Waals surface area contributed by atoms with Gasteiger partial charge in [-0.3, -0.25) is 4.79 Å². The predicted octanol–water partition coefficient (Wildman–Crippen LogP) is 2.33. The molecular weight excluding hydrogens is 330 g/mol. The molecular formula is C16H14ClN5O2. The molecule has 0 bridgehead atoms. The first-order chi connectivity index (χ1) is 11.5. The van der Waals surface area contributed by atoms with Crippen LogP contribution in [0.1, 0.15) is 12.5 Å². The summed E-state index contributed by atoms with van der Waals surface area (Å²) in [4.78, 5) is 12.0. The summed E-state index contributed by atoms with van der Waals surface area (Å²) >= 11 is 5.90. The molecule has 0 fully saturated rings. The zero-order chi connectivity index (χ0) is 17.1. The SMILES string of the molecule is C/C(=N\NC(=O)Cn1nnc2ccccc21)c1cc(Cl)ccc1O. The number of amides is 1. The van der Waals surface area contributed by atoms with Crippen LogP contribution in [0, 0.1) is 0 Å². The van der Waals surface area contributed by atoms with Crippen LogP contribution < -0.4 is 5.43 Å².